The third-order valence-corrected chi connectivity index (χ3v) is 5.70. The fourth-order valence-electron chi connectivity index (χ4n) is 4.05. The summed E-state index contributed by atoms with van der Waals surface area (Å²) >= 11 is 0. The van der Waals surface area contributed by atoms with Gasteiger partial charge in [-0.3, -0.25) is 4.79 Å². The molecule has 3 aromatic rings. The average molecular weight is 433 g/mol. The molecule has 1 atom stereocenters. The van der Waals surface area contributed by atoms with Crippen LogP contribution in [0.2, 0.25) is 0 Å². The monoisotopic (exact) mass is 433 g/mol. The largest absolute Gasteiger partial charge is 0.433 e. The maximum Gasteiger partial charge on any atom is 0.433 e. The lowest BCUT2D eigenvalue weighted by atomic mass is 10.0. The van der Waals surface area contributed by atoms with E-state index in [0.717, 1.165) is 17.2 Å². The SMILES string of the molecule is CN(C(=O)c1cc2nc(N)c3c(c2[nH]1)COC3)[C@@H]1COCc2nc(C(F)(F)F)ccc21. The van der Waals surface area contributed by atoms with Crippen LogP contribution in [0, 0.1) is 0 Å². The van der Waals surface area contributed by atoms with Crippen LogP contribution in [0.5, 0.6) is 0 Å². The Morgan fingerprint density at radius 3 is 2.74 bits per heavy atom. The zero-order valence-corrected chi connectivity index (χ0v) is 16.4. The first kappa shape index (κ1) is 19.8. The number of alkyl halides is 3. The van der Waals surface area contributed by atoms with Gasteiger partial charge in [-0.25, -0.2) is 9.97 Å². The highest BCUT2D eigenvalue weighted by atomic mass is 19.4. The zero-order chi connectivity index (χ0) is 21.9. The van der Waals surface area contributed by atoms with Gasteiger partial charge >= 0.3 is 6.18 Å². The number of H-pyrrole nitrogens is 1. The summed E-state index contributed by atoms with van der Waals surface area (Å²) in [6, 6.07) is 3.32. The van der Waals surface area contributed by atoms with Crippen LogP contribution in [0.4, 0.5) is 19.0 Å². The lowest BCUT2D eigenvalue weighted by Gasteiger charge is -2.32. The number of aromatic amines is 1. The van der Waals surface area contributed by atoms with Gasteiger partial charge in [0, 0.05) is 23.7 Å². The van der Waals surface area contributed by atoms with Crippen molar-refractivity contribution in [1.29, 1.82) is 0 Å². The molecule has 0 saturated carbocycles. The van der Waals surface area contributed by atoms with Crippen molar-refractivity contribution in [3.63, 3.8) is 0 Å². The number of pyridine rings is 2. The van der Waals surface area contributed by atoms with Gasteiger partial charge in [-0.15, -0.1) is 0 Å². The number of ether oxygens (including phenoxy) is 2. The molecule has 3 N–H and O–H groups in total. The van der Waals surface area contributed by atoms with Gasteiger partial charge < -0.3 is 25.1 Å². The minimum atomic E-state index is -4.55. The molecular weight excluding hydrogens is 415 g/mol. The molecule has 2 aliphatic rings. The summed E-state index contributed by atoms with van der Waals surface area (Å²) in [6.07, 6.45) is -4.55. The summed E-state index contributed by atoms with van der Waals surface area (Å²) in [5.74, 6) is 0.0121. The molecule has 0 spiro atoms. The summed E-state index contributed by atoms with van der Waals surface area (Å²) in [5.41, 5.74) is 8.92. The third-order valence-electron chi connectivity index (χ3n) is 5.70. The molecule has 0 radical (unpaired) electrons. The Balaban J connectivity index is 1.48. The van der Waals surface area contributed by atoms with E-state index in [1.54, 1.807) is 13.1 Å². The Hall–Kier alpha value is -3.18. The highest BCUT2D eigenvalue weighted by molar-refractivity contribution is 5.98. The van der Waals surface area contributed by atoms with Crippen LogP contribution in [-0.2, 0) is 35.5 Å². The van der Waals surface area contributed by atoms with Crippen LogP contribution < -0.4 is 5.73 Å². The lowest BCUT2D eigenvalue weighted by molar-refractivity contribution is -0.141. The quantitative estimate of drug-likeness (QED) is 0.644. The Morgan fingerprint density at radius 2 is 1.97 bits per heavy atom. The number of carbonyl (C=O) groups is 1. The first-order chi connectivity index (χ1) is 14.7. The molecule has 8 nitrogen and oxygen atoms in total. The second-order valence-corrected chi connectivity index (χ2v) is 7.57. The molecule has 0 fully saturated rings. The Labute approximate surface area is 174 Å². The number of aromatic nitrogens is 3. The molecule has 0 saturated heterocycles. The van der Waals surface area contributed by atoms with Gasteiger partial charge in [-0.05, 0) is 12.1 Å². The van der Waals surface area contributed by atoms with E-state index < -0.39 is 17.9 Å². The maximum absolute atomic E-state index is 13.2. The number of nitrogen functional groups attached to an aromatic ring is 1. The predicted octanol–water partition coefficient (Wildman–Crippen LogP) is 2.93. The molecule has 0 aromatic carbocycles. The van der Waals surface area contributed by atoms with Crippen molar-refractivity contribution in [3.05, 3.63) is 52.0 Å². The summed E-state index contributed by atoms with van der Waals surface area (Å²) in [5, 5.41) is 0. The number of likely N-dealkylation sites (N-methyl/N-ethyl adjacent to an activating group) is 1. The second kappa shape index (κ2) is 6.92. The summed E-state index contributed by atoms with van der Waals surface area (Å²) in [7, 11) is 1.57. The van der Waals surface area contributed by atoms with Gasteiger partial charge in [0.05, 0.1) is 49.2 Å². The topological polar surface area (TPSA) is 106 Å². The summed E-state index contributed by atoms with van der Waals surface area (Å²) < 4.78 is 49.9. The van der Waals surface area contributed by atoms with Gasteiger partial charge in [0.15, 0.2) is 0 Å². The number of nitrogens with zero attached hydrogens (tertiary/aromatic N) is 3. The Morgan fingerprint density at radius 1 is 1.19 bits per heavy atom. The number of hydrogen-bond acceptors (Lipinski definition) is 6. The number of nitrogens with one attached hydrogen (secondary N) is 1. The Kier molecular flexibility index (Phi) is 4.41. The molecule has 3 aromatic heterocycles. The number of carbonyl (C=O) groups excluding carboxylic acids is 1. The predicted molar refractivity (Wildman–Crippen MR) is 103 cm³/mol. The molecule has 5 heterocycles. The lowest BCUT2D eigenvalue weighted by Crippen LogP contribution is -2.37. The highest BCUT2D eigenvalue weighted by Crippen LogP contribution is 2.35. The van der Waals surface area contributed by atoms with Gasteiger partial charge in [0.2, 0.25) is 0 Å². The molecule has 0 unspecified atom stereocenters. The van der Waals surface area contributed by atoms with E-state index in [4.69, 9.17) is 15.2 Å². The van der Waals surface area contributed by atoms with Crippen LogP contribution in [0.1, 0.15) is 44.6 Å². The second-order valence-electron chi connectivity index (χ2n) is 7.57. The fourth-order valence-corrected chi connectivity index (χ4v) is 4.05. The van der Waals surface area contributed by atoms with Crippen LogP contribution in [-0.4, -0.2) is 39.4 Å². The molecule has 0 bridgehead atoms. The third kappa shape index (κ3) is 3.20. The van der Waals surface area contributed by atoms with Crippen molar-refractivity contribution < 1.29 is 27.4 Å². The van der Waals surface area contributed by atoms with E-state index >= 15 is 0 Å². The van der Waals surface area contributed by atoms with Crippen molar-refractivity contribution >= 4 is 22.8 Å². The maximum atomic E-state index is 13.2. The number of fused-ring (bicyclic) bond motifs is 4. The number of halogens is 3. The minimum absolute atomic E-state index is 0.0422. The van der Waals surface area contributed by atoms with Crippen molar-refractivity contribution in [2.24, 2.45) is 0 Å². The molecule has 162 valence electrons. The normalized spacial score (nSPS) is 18.1. The van der Waals surface area contributed by atoms with Crippen LogP contribution >= 0.6 is 0 Å². The minimum Gasteiger partial charge on any atom is -0.383 e. The zero-order valence-electron chi connectivity index (χ0n) is 16.4. The van der Waals surface area contributed by atoms with Gasteiger partial charge in [-0.1, -0.05) is 6.07 Å². The van der Waals surface area contributed by atoms with E-state index in [-0.39, 0.29) is 30.5 Å². The molecule has 31 heavy (non-hydrogen) atoms. The smallest absolute Gasteiger partial charge is 0.383 e. The van der Waals surface area contributed by atoms with Gasteiger partial charge in [-0.2, -0.15) is 13.2 Å². The summed E-state index contributed by atoms with van der Waals surface area (Å²) in [4.78, 5) is 25.8. The average Bonchev–Trinajstić information content (AvgIpc) is 3.38. The van der Waals surface area contributed by atoms with Crippen molar-refractivity contribution in [1.82, 2.24) is 19.9 Å². The van der Waals surface area contributed by atoms with Crippen LogP contribution in [0.15, 0.2) is 18.2 Å². The standard InChI is InChI=1S/C20H18F3N5O3/c1-28(15-8-31-7-14-9(15)2-3-16(25-14)20(21,22)23)19(29)13-4-12-17(26-13)10-5-30-6-11(10)18(24)27-12/h2-4,15,26H,5-8H2,1H3,(H2,24,27)/t15-/m1/s1. The number of nitrogens with two attached hydrogens (primary N) is 1. The van der Waals surface area contributed by atoms with E-state index in [1.165, 1.54) is 11.0 Å². The molecular formula is C20H18F3N5O3. The molecule has 1 amide bonds. The van der Waals surface area contributed by atoms with E-state index in [9.17, 15) is 18.0 Å². The number of anilines is 1. The van der Waals surface area contributed by atoms with E-state index in [2.05, 4.69) is 15.0 Å². The number of amides is 1. The fraction of sp³-hybridized carbons (Fsp3) is 0.350. The van der Waals surface area contributed by atoms with Crippen molar-refractivity contribution in [2.75, 3.05) is 19.4 Å². The molecule has 5 rings (SSSR count). The van der Waals surface area contributed by atoms with Crippen LogP contribution in [0.3, 0.4) is 0 Å². The molecule has 2 aliphatic heterocycles. The van der Waals surface area contributed by atoms with E-state index in [0.29, 0.717) is 35.6 Å². The molecule has 0 aliphatic carbocycles. The summed E-state index contributed by atoms with van der Waals surface area (Å²) in [6.45, 7) is 0.853. The highest BCUT2D eigenvalue weighted by Gasteiger charge is 2.36. The van der Waals surface area contributed by atoms with E-state index in [1.807, 2.05) is 0 Å². The van der Waals surface area contributed by atoms with Gasteiger partial charge in [0.25, 0.3) is 5.91 Å². The van der Waals surface area contributed by atoms with Crippen LogP contribution in [0.25, 0.3) is 11.0 Å². The van der Waals surface area contributed by atoms with Crippen molar-refractivity contribution in [3.8, 4) is 0 Å². The first-order valence-electron chi connectivity index (χ1n) is 9.53. The number of rotatable bonds is 2. The number of hydrogen-bond donors (Lipinski definition) is 2. The Bertz CT molecular complexity index is 1210. The van der Waals surface area contributed by atoms with Crippen molar-refractivity contribution in [2.45, 2.75) is 32.0 Å². The first-order valence-corrected chi connectivity index (χ1v) is 9.53. The molecule has 11 heteroatoms. The van der Waals surface area contributed by atoms with Gasteiger partial charge in [0.1, 0.15) is 17.2 Å².